The molecule has 2 fully saturated rings. The maximum Gasteiger partial charge on any atom is 0.309 e. The van der Waals surface area contributed by atoms with E-state index in [1.54, 1.807) is 30.3 Å². The van der Waals surface area contributed by atoms with Gasteiger partial charge in [-0.3, -0.25) is 9.59 Å². The highest BCUT2D eigenvalue weighted by Gasteiger charge is 2.45. The van der Waals surface area contributed by atoms with Gasteiger partial charge in [-0.2, -0.15) is 0 Å². The van der Waals surface area contributed by atoms with E-state index in [1.807, 2.05) is 31.2 Å². The number of carbonyl (C=O) groups is 2. The predicted molar refractivity (Wildman–Crippen MR) is 144 cm³/mol. The molecule has 0 aliphatic heterocycles. The van der Waals surface area contributed by atoms with Crippen LogP contribution in [0, 0.1) is 17.7 Å². The molecule has 0 heterocycles. The molecule has 3 aliphatic carbocycles. The van der Waals surface area contributed by atoms with Crippen molar-refractivity contribution in [2.75, 3.05) is 13.2 Å². The summed E-state index contributed by atoms with van der Waals surface area (Å²) in [7, 11) is 0. The van der Waals surface area contributed by atoms with Gasteiger partial charge >= 0.3 is 5.97 Å². The fourth-order valence-electron chi connectivity index (χ4n) is 5.35. The number of nitrogens with one attached hydrogen (secondary N) is 1. The number of carbonyl (C=O) groups excluding carboxylic acids is 2. The molecule has 3 aliphatic rings. The fourth-order valence-corrected chi connectivity index (χ4v) is 5.35. The number of ether oxygens (including phenoxy) is 3. The van der Waals surface area contributed by atoms with Gasteiger partial charge in [0.25, 0.3) is 5.91 Å². The molecular formula is C32H32FNO5. The van der Waals surface area contributed by atoms with Crippen molar-refractivity contribution in [3.05, 3.63) is 88.7 Å². The van der Waals surface area contributed by atoms with Crippen LogP contribution < -0.4 is 14.8 Å². The summed E-state index contributed by atoms with van der Waals surface area (Å²) in [5, 5.41) is 2.96. The Kier molecular flexibility index (Phi) is 6.98. The van der Waals surface area contributed by atoms with Crippen molar-refractivity contribution in [2.24, 2.45) is 11.8 Å². The van der Waals surface area contributed by atoms with E-state index in [0.717, 1.165) is 24.1 Å². The highest BCUT2D eigenvalue weighted by molar-refractivity contribution is 5.94. The third-order valence-electron chi connectivity index (χ3n) is 7.80. The van der Waals surface area contributed by atoms with Gasteiger partial charge in [-0.1, -0.05) is 12.1 Å². The summed E-state index contributed by atoms with van der Waals surface area (Å²) < 4.78 is 32.4. The predicted octanol–water partition coefficient (Wildman–Crippen LogP) is 6.49. The first-order valence-electron chi connectivity index (χ1n) is 13.8. The summed E-state index contributed by atoms with van der Waals surface area (Å²) in [5.41, 5.74) is 3.00. The standard InChI is InChI=1S/C32H32FNO5/c1-2-37-32(36)26-17-25(26)20-5-9-23(10-6-20)39-29-15-13-24-28(16-14-27(33)30(24)29)38-22-11-7-21(8-12-22)31(35)34-18-19-3-4-19/h5-12,14,16,19,25-26,29H,2-4,13,15,17-18H2,1H3,(H,34,35)/t25-,26+,29-/m1/s1. The van der Waals surface area contributed by atoms with Crippen molar-refractivity contribution >= 4 is 11.9 Å². The van der Waals surface area contributed by atoms with E-state index in [-0.39, 0.29) is 29.5 Å². The van der Waals surface area contributed by atoms with E-state index in [9.17, 15) is 14.0 Å². The van der Waals surface area contributed by atoms with Crippen LogP contribution in [-0.4, -0.2) is 25.0 Å². The lowest BCUT2D eigenvalue weighted by molar-refractivity contribution is -0.144. The lowest BCUT2D eigenvalue weighted by atomic mass is 10.1. The van der Waals surface area contributed by atoms with Crippen LogP contribution in [-0.2, 0) is 16.0 Å². The zero-order chi connectivity index (χ0) is 26.9. The van der Waals surface area contributed by atoms with E-state index in [2.05, 4.69) is 5.32 Å². The third kappa shape index (κ3) is 5.63. The van der Waals surface area contributed by atoms with E-state index in [4.69, 9.17) is 14.2 Å². The summed E-state index contributed by atoms with van der Waals surface area (Å²) in [6.07, 6.45) is 4.04. The van der Waals surface area contributed by atoms with Crippen LogP contribution in [0.2, 0.25) is 0 Å². The van der Waals surface area contributed by atoms with E-state index >= 15 is 0 Å². The van der Waals surface area contributed by atoms with Crippen LogP contribution in [0.25, 0.3) is 0 Å². The normalized spacial score (nSPS) is 21.1. The Balaban J connectivity index is 1.10. The van der Waals surface area contributed by atoms with Gasteiger partial charge in [0, 0.05) is 23.2 Å². The third-order valence-corrected chi connectivity index (χ3v) is 7.80. The SMILES string of the molecule is CCOC(=O)[C@H]1C[C@@H]1c1ccc(O[C@@H]2CCc3c(Oc4ccc(C(=O)NCC5CC5)cc4)ccc(F)c32)cc1. The Morgan fingerprint density at radius 3 is 2.41 bits per heavy atom. The average molecular weight is 530 g/mol. The maximum absolute atomic E-state index is 15.0. The largest absolute Gasteiger partial charge is 0.486 e. The molecule has 1 amide bonds. The first-order valence-corrected chi connectivity index (χ1v) is 13.8. The van der Waals surface area contributed by atoms with Gasteiger partial charge in [0.2, 0.25) is 0 Å². The molecule has 6 nitrogen and oxygen atoms in total. The zero-order valence-corrected chi connectivity index (χ0v) is 22.0. The van der Waals surface area contributed by atoms with Crippen molar-refractivity contribution in [3.63, 3.8) is 0 Å². The minimum atomic E-state index is -0.417. The number of fused-ring (bicyclic) bond motifs is 1. The molecule has 202 valence electrons. The highest BCUT2D eigenvalue weighted by Crippen LogP contribution is 2.49. The second-order valence-corrected chi connectivity index (χ2v) is 10.6. The van der Waals surface area contributed by atoms with Crippen molar-refractivity contribution in [1.29, 1.82) is 0 Å². The van der Waals surface area contributed by atoms with Crippen LogP contribution in [0.4, 0.5) is 4.39 Å². The summed E-state index contributed by atoms with van der Waals surface area (Å²) >= 11 is 0. The number of rotatable bonds is 10. The summed E-state index contributed by atoms with van der Waals surface area (Å²) in [4.78, 5) is 24.3. The smallest absolute Gasteiger partial charge is 0.309 e. The number of hydrogen-bond donors (Lipinski definition) is 1. The van der Waals surface area contributed by atoms with Gasteiger partial charge in [-0.05, 0) is 105 Å². The van der Waals surface area contributed by atoms with Gasteiger partial charge < -0.3 is 19.5 Å². The first kappa shape index (κ1) is 25.4. The van der Waals surface area contributed by atoms with Crippen LogP contribution in [0.15, 0.2) is 60.7 Å². The van der Waals surface area contributed by atoms with E-state index in [0.29, 0.717) is 53.7 Å². The molecule has 39 heavy (non-hydrogen) atoms. The second kappa shape index (κ2) is 10.7. The summed E-state index contributed by atoms with van der Waals surface area (Å²) in [6.45, 7) is 2.94. The van der Waals surface area contributed by atoms with Gasteiger partial charge in [0.15, 0.2) is 0 Å². The molecule has 0 aromatic heterocycles. The topological polar surface area (TPSA) is 73.9 Å². The first-order chi connectivity index (χ1) is 19.0. The monoisotopic (exact) mass is 529 g/mol. The molecule has 6 rings (SSSR count). The number of amides is 1. The Labute approximate surface area is 227 Å². The van der Waals surface area contributed by atoms with Crippen LogP contribution in [0.3, 0.4) is 0 Å². The Bertz CT molecular complexity index is 1370. The molecule has 0 saturated heterocycles. The molecule has 2 saturated carbocycles. The molecular weight excluding hydrogens is 497 g/mol. The van der Waals surface area contributed by atoms with Crippen molar-refractivity contribution < 1.29 is 28.2 Å². The lowest BCUT2D eigenvalue weighted by Crippen LogP contribution is -2.25. The molecule has 3 atom stereocenters. The quantitative estimate of drug-likeness (QED) is 0.304. The number of halogens is 1. The second-order valence-electron chi connectivity index (χ2n) is 10.6. The molecule has 0 bridgehead atoms. The van der Waals surface area contributed by atoms with E-state index in [1.165, 1.54) is 18.9 Å². The fraction of sp³-hybridized carbons (Fsp3) is 0.375. The highest BCUT2D eigenvalue weighted by atomic mass is 19.1. The minimum absolute atomic E-state index is 0.0633. The van der Waals surface area contributed by atoms with Gasteiger partial charge in [-0.15, -0.1) is 0 Å². The van der Waals surface area contributed by atoms with Gasteiger partial charge in [0.05, 0.1) is 12.5 Å². The Morgan fingerprint density at radius 2 is 1.69 bits per heavy atom. The van der Waals surface area contributed by atoms with Crippen LogP contribution >= 0.6 is 0 Å². The Hall–Kier alpha value is -3.87. The molecule has 7 heteroatoms. The number of benzene rings is 3. The Morgan fingerprint density at radius 1 is 0.949 bits per heavy atom. The molecule has 0 unspecified atom stereocenters. The molecule has 1 N–H and O–H groups in total. The van der Waals surface area contributed by atoms with E-state index < -0.39 is 6.10 Å². The van der Waals surface area contributed by atoms with Crippen LogP contribution in [0.1, 0.15) is 71.7 Å². The number of esters is 1. The summed E-state index contributed by atoms with van der Waals surface area (Å²) in [6, 6.07) is 17.8. The zero-order valence-electron chi connectivity index (χ0n) is 22.0. The lowest BCUT2D eigenvalue weighted by Gasteiger charge is -2.17. The molecule has 0 radical (unpaired) electrons. The molecule has 0 spiro atoms. The van der Waals surface area contributed by atoms with Gasteiger partial charge in [-0.25, -0.2) is 4.39 Å². The minimum Gasteiger partial charge on any atom is -0.486 e. The maximum atomic E-state index is 15.0. The van der Waals surface area contributed by atoms with Gasteiger partial charge in [0.1, 0.15) is 29.2 Å². The van der Waals surface area contributed by atoms with Crippen molar-refractivity contribution in [3.8, 4) is 17.2 Å². The van der Waals surface area contributed by atoms with Crippen LogP contribution in [0.5, 0.6) is 17.2 Å². The van der Waals surface area contributed by atoms with Crippen molar-refractivity contribution in [2.45, 2.75) is 51.0 Å². The number of hydrogen-bond acceptors (Lipinski definition) is 5. The summed E-state index contributed by atoms with van der Waals surface area (Å²) in [5.74, 6) is 2.06. The molecule has 3 aromatic carbocycles. The van der Waals surface area contributed by atoms with Crippen molar-refractivity contribution in [1.82, 2.24) is 5.32 Å². The average Bonchev–Trinajstić information content (AvgIpc) is 3.88. The molecule has 3 aromatic rings.